The predicted molar refractivity (Wildman–Crippen MR) is 91.8 cm³/mol. The SMILES string of the molecule is CC(C)(C)OC(=O)N1CCCN(Cc2csc(C3CC3)n2)CC1. The molecule has 0 aromatic carbocycles. The van der Waals surface area contributed by atoms with Gasteiger partial charge in [-0.05, 0) is 40.0 Å². The van der Waals surface area contributed by atoms with Crippen LogP contribution >= 0.6 is 11.3 Å². The molecule has 2 aliphatic rings. The molecule has 0 unspecified atom stereocenters. The second-order valence-electron chi connectivity index (χ2n) is 7.55. The van der Waals surface area contributed by atoms with Crippen LogP contribution in [0.5, 0.6) is 0 Å². The molecule has 2 heterocycles. The zero-order chi connectivity index (χ0) is 16.4. The third kappa shape index (κ3) is 4.91. The van der Waals surface area contributed by atoms with Crippen LogP contribution in [-0.2, 0) is 11.3 Å². The highest BCUT2D eigenvalue weighted by molar-refractivity contribution is 7.09. The summed E-state index contributed by atoms with van der Waals surface area (Å²) in [6, 6.07) is 0. The van der Waals surface area contributed by atoms with Gasteiger partial charge in [-0.3, -0.25) is 4.90 Å². The van der Waals surface area contributed by atoms with E-state index in [1.54, 1.807) is 11.3 Å². The minimum Gasteiger partial charge on any atom is -0.444 e. The van der Waals surface area contributed by atoms with Crippen molar-refractivity contribution in [1.29, 1.82) is 0 Å². The topological polar surface area (TPSA) is 45.7 Å². The van der Waals surface area contributed by atoms with Gasteiger partial charge in [-0.25, -0.2) is 9.78 Å². The van der Waals surface area contributed by atoms with Crippen LogP contribution in [0.4, 0.5) is 4.79 Å². The third-order valence-electron chi connectivity index (χ3n) is 4.12. The van der Waals surface area contributed by atoms with Crippen molar-refractivity contribution in [2.75, 3.05) is 26.2 Å². The molecule has 0 bridgehead atoms. The minimum absolute atomic E-state index is 0.191. The Kier molecular flexibility index (Phi) is 4.92. The highest BCUT2D eigenvalue weighted by atomic mass is 32.1. The minimum atomic E-state index is -0.428. The van der Waals surface area contributed by atoms with E-state index in [9.17, 15) is 4.79 Å². The number of carbonyl (C=O) groups is 1. The monoisotopic (exact) mass is 337 g/mol. The van der Waals surface area contributed by atoms with Crippen LogP contribution in [0.15, 0.2) is 5.38 Å². The molecule has 3 rings (SSSR count). The van der Waals surface area contributed by atoms with Crippen molar-refractivity contribution in [3.63, 3.8) is 0 Å². The van der Waals surface area contributed by atoms with E-state index in [0.29, 0.717) is 0 Å². The summed E-state index contributed by atoms with van der Waals surface area (Å²) in [5.41, 5.74) is 0.755. The second kappa shape index (κ2) is 6.77. The van der Waals surface area contributed by atoms with E-state index >= 15 is 0 Å². The molecule has 0 spiro atoms. The van der Waals surface area contributed by atoms with Gasteiger partial charge in [-0.2, -0.15) is 0 Å². The van der Waals surface area contributed by atoms with Gasteiger partial charge in [-0.1, -0.05) is 0 Å². The van der Waals surface area contributed by atoms with Gasteiger partial charge in [0.2, 0.25) is 0 Å². The van der Waals surface area contributed by atoms with E-state index < -0.39 is 5.60 Å². The van der Waals surface area contributed by atoms with Gasteiger partial charge in [-0.15, -0.1) is 11.3 Å². The molecule has 1 aliphatic heterocycles. The normalized spacial score (nSPS) is 20.4. The first-order chi connectivity index (χ1) is 10.9. The first-order valence-electron chi connectivity index (χ1n) is 8.55. The third-order valence-corrected chi connectivity index (χ3v) is 5.18. The van der Waals surface area contributed by atoms with Crippen molar-refractivity contribution in [2.24, 2.45) is 0 Å². The zero-order valence-electron chi connectivity index (χ0n) is 14.4. The van der Waals surface area contributed by atoms with Crippen LogP contribution in [0.1, 0.15) is 56.7 Å². The second-order valence-corrected chi connectivity index (χ2v) is 8.44. The van der Waals surface area contributed by atoms with Crippen LogP contribution in [-0.4, -0.2) is 52.7 Å². The largest absolute Gasteiger partial charge is 0.444 e. The number of hydrogen-bond donors (Lipinski definition) is 0. The first-order valence-corrected chi connectivity index (χ1v) is 9.43. The highest BCUT2D eigenvalue weighted by Gasteiger charge is 2.27. The van der Waals surface area contributed by atoms with Gasteiger partial charge >= 0.3 is 6.09 Å². The van der Waals surface area contributed by atoms with E-state index in [-0.39, 0.29) is 6.09 Å². The molecule has 1 aromatic rings. The Morgan fingerprint density at radius 2 is 2.09 bits per heavy atom. The smallest absolute Gasteiger partial charge is 0.410 e. The molecular weight excluding hydrogens is 310 g/mol. The Morgan fingerprint density at radius 1 is 1.30 bits per heavy atom. The van der Waals surface area contributed by atoms with Crippen molar-refractivity contribution in [3.8, 4) is 0 Å². The molecule has 2 fully saturated rings. The molecular formula is C17H27N3O2S. The standard InChI is InChI=1S/C17H27N3O2S/c1-17(2,3)22-16(21)20-8-4-7-19(9-10-20)11-14-12-23-15(18-14)13-5-6-13/h12-13H,4-11H2,1-3H3. The maximum absolute atomic E-state index is 12.2. The van der Waals surface area contributed by atoms with Crippen molar-refractivity contribution in [1.82, 2.24) is 14.8 Å². The fourth-order valence-corrected chi connectivity index (χ4v) is 3.76. The van der Waals surface area contributed by atoms with E-state index in [2.05, 4.69) is 10.3 Å². The Morgan fingerprint density at radius 3 is 2.78 bits per heavy atom. The highest BCUT2D eigenvalue weighted by Crippen LogP contribution is 2.41. The predicted octanol–water partition coefficient (Wildman–Crippen LogP) is 3.46. The summed E-state index contributed by atoms with van der Waals surface area (Å²) in [5, 5.41) is 3.51. The van der Waals surface area contributed by atoms with Gasteiger partial charge in [0.05, 0.1) is 10.7 Å². The van der Waals surface area contributed by atoms with Gasteiger partial charge in [0.15, 0.2) is 0 Å². The lowest BCUT2D eigenvalue weighted by Gasteiger charge is -2.26. The number of thiazole rings is 1. The summed E-state index contributed by atoms with van der Waals surface area (Å²) in [7, 11) is 0. The number of ether oxygens (including phenoxy) is 1. The molecule has 1 saturated heterocycles. The number of amides is 1. The summed E-state index contributed by atoms with van der Waals surface area (Å²) >= 11 is 1.80. The Hall–Kier alpha value is -1.14. The Labute approximate surface area is 142 Å². The van der Waals surface area contributed by atoms with Crippen LogP contribution in [0.3, 0.4) is 0 Å². The number of aromatic nitrogens is 1. The summed E-state index contributed by atoms with van der Waals surface area (Å²) in [6.07, 6.45) is 3.41. The van der Waals surface area contributed by atoms with Crippen LogP contribution in [0.2, 0.25) is 0 Å². The van der Waals surface area contributed by atoms with E-state index in [4.69, 9.17) is 9.72 Å². The fraction of sp³-hybridized carbons (Fsp3) is 0.765. The number of carbonyl (C=O) groups excluding carboxylic acids is 1. The summed E-state index contributed by atoms with van der Waals surface area (Å²) in [5.74, 6) is 0.737. The van der Waals surface area contributed by atoms with E-state index in [0.717, 1.165) is 45.1 Å². The molecule has 6 heteroatoms. The average Bonchev–Trinajstić information content (AvgIpc) is 3.23. The van der Waals surface area contributed by atoms with Gasteiger partial charge in [0, 0.05) is 44.0 Å². The van der Waals surface area contributed by atoms with Crippen LogP contribution in [0.25, 0.3) is 0 Å². The van der Waals surface area contributed by atoms with E-state index in [1.165, 1.54) is 23.5 Å². The van der Waals surface area contributed by atoms with E-state index in [1.807, 2.05) is 25.7 Å². The van der Waals surface area contributed by atoms with Crippen LogP contribution in [0, 0.1) is 0 Å². The molecule has 1 aromatic heterocycles. The van der Waals surface area contributed by atoms with Gasteiger partial charge in [0.25, 0.3) is 0 Å². The van der Waals surface area contributed by atoms with Gasteiger partial charge < -0.3 is 9.64 Å². The molecule has 1 aliphatic carbocycles. The fourth-order valence-electron chi connectivity index (χ4n) is 2.78. The first kappa shape index (κ1) is 16.7. The van der Waals surface area contributed by atoms with Crippen molar-refractivity contribution < 1.29 is 9.53 Å². The molecule has 5 nitrogen and oxygen atoms in total. The number of rotatable bonds is 3. The lowest BCUT2D eigenvalue weighted by atomic mass is 10.2. The number of hydrogen-bond acceptors (Lipinski definition) is 5. The lowest BCUT2D eigenvalue weighted by molar-refractivity contribution is 0.0257. The lowest BCUT2D eigenvalue weighted by Crippen LogP contribution is -2.39. The zero-order valence-corrected chi connectivity index (χ0v) is 15.2. The summed E-state index contributed by atoms with van der Waals surface area (Å²) in [6.45, 7) is 10.0. The maximum Gasteiger partial charge on any atom is 0.410 e. The molecule has 0 atom stereocenters. The Balaban J connectivity index is 1.50. The molecule has 23 heavy (non-hydrogen) atoms. The van der Waals surface area contributed by atoms with Gasteiger partial charge in [0.1, 0.15) is 5.60 Å². The van der Waals surface area contributed by atoms with Crippen molar-refractivity contribution in [3.05, 3.63) is 16.1 Å². The molecule has 1 saturated carbocycles. The van der Waals surface area contributed by atoms with Crippen LogP contribution < -0.4 is 0 Å². The Bertz CT molecular complexity index is 548. The molecule has 0 N–H and O–H groups in total. The number of nitrogens with zero attached hydrogens (tertiary/aromatic N) is 3. The van der Waals surface area contributed by atoms with Crippen molar-refractivity contribution >= 4 is 17.4 Å². The maximum atomic E-state index is 12.2. The molecule has 0 radical (unpaired) electrons. The average molecular weight is 337 g/mol. The summed E-state index contributed by atoms with van der Waals surface area (Å²) < 4.78 is 5.48. The summed E-state index contributed by atoms with van der Waals surface area (Å²) in [4.78, 5) is 21.2. The molecule has 128 valence electrons. The molecule has 1 amide bonds. The van der Waals surface area contributed by atoms with Crippen molar-refractivity contribution in [2.45, 2.75) is 58.1 Å². The quantitative estimate of drug-likeness (QED) is 0.847.